The molecule has 0 amide bonds. The Labute approximate surface area is 91.5 Å². The van der Waals surface area contributed by atoms with Crippen molar-refractivity contribution >= 4 is 15.7 Å². The van der Waals surface area contributed by atoms with Crippen LogP contribution in [0.3, 0.4) is 0 Å². The molecule has 5 heteroatoms. The first-order valence-electron chi connectivity index (χ1n) is 4.91. The summed E-state index contributed by atoms with van der Waals surface area (Å²) in [7, 11) is -3.58. The molecule has 15 heavy (non-hydrogen) atoms. The molecule has 3 N–H and O–H groups in total. The average molecular weight is 230 g/mol. The van der Waals surface area contributed by atoms with Crippen molar-refractivity contribution in [3.63, 3.8) is 0 Å². The second kappa shape index (κ2) is 6.42. The number of rotatable bonds is 3. The zero-order valence-corrected chi connectivity index (χ0v) is 10.1. The van der Waals surface area contributed by atoms with Crippen LogP contribution >= 0.6 is 0 Å². The van der Waals surface area contributed by atoms with Gasteiger partial charge in [-0.2, -0.15) is 0 Å². The fourth-order valence-corrected chi connectivity index (χ4v) is 1.55. The molecule has 0 aliphatic rings. The van der Waals surface area contributed by atoms with Gasteiger partial charge < -0.3 is 5.32 Å². The van der Waals surface area contributed by atoms with Crippen LogP contribution in [0.15, 0.2) is 29.2 Å². The average Bonchev–Trinajstić information content (AvgIpc) is 2.21. The second-order valence-corrected chi connectivity index (χ2v) is 4.16. The fraction of sp³-hybridized carbons (Fsp3) is 0.400. The quantitative estimate of drug-likeness (QED) is 0.831. The Bertz CT molecular complexity index is 388. The predicted molar refractivity (Wildman–Crippen MR) is 63.3 cm³/mol. The van der Waals surface area contributed by atoms with Gasteiger partial charge in [0, 0.05) is 12.2 Å². The minimum atomic E-state index is -3.58. The maximum atomic E-state index is 10.9. The van der Waals surface area contributed by atoms with Crippen LogP contribution in [-0.4, -0.2) is 15.0 Å². The van der Waals surface area contributed by atoms with Crippen molar-refractivity contribution in [2.75, 3.05) is 11.9 Å². The molecular weight excluding hydrogens is 212 g/mol. The zero-order valence-electron chi connectivity index (χ0n) is 9.32. The highest BCUT2D eigenvalue weighted by Crippen LogP contribution is 2.13. The predicted octanol–water partition coefficient (Wildman–Crippen LogP) is 1.79. The van der Waals surface area contributed by atoms with Gasteiger partial charge >= 0.3 is 0 Å². The summed E-state index contributed by atoms with van der Waals surface area (Å²) in [6.45, 7) is 6.68. The SMILES string of the molecule is CC.CCNc1cccc(S(N)(=O)=O)c1. The molecule has 0 fully saturated rings. The summed E-state index contributed by atoms with van der Waals surface area (Å²) in [5.41, 5.74) is 0.758. The molecule has 0 aliphatic heterocycles. The van der Waals surface area contributed by atoms with Gasteiger partial charge in [-0.3, -0.25) is 0 Å². The van der Waals surface area contributed by atoms with E-state index in [2.05, 4.69) is 5.32 Å². The van der Waals surface area contributed by atoms with E-state index in [1.165, 1.54) is 12.1 Å². The van der Waals surface area contributed by atoms with E-state index in [-0.39, 0.29) is 4.90 Å². The third-order valence-electron chi connectivity index (χ3n) is 1.54. The molecule has 0 bridgehead atoms. The summed E-state index contributed by atoms with van der Waals surface area (Å²) in [6.07, 6.45) is 0. The first kappa shape index (κ1) is 13.9. The van der Waals surface area contributed by atoms with Crippen LogP contribution in [0.25, 0.3) is 0 Å². The highest BCUT2D eigenvalue weighted by Gasteiger charge is 2.06. The van der Waals surface area contributed by atoms with Crippen molar-refractivity contribution in [3.05, 3.63) is 24.3 Å². The number of hydrogen-bond acceptors (Lipinski definition) is 3. The normalized spacial score (nSPS) is 10.1. The molecule has 1 aromatic carbocycles. The maximum Gasteiger partial charge on any atom is 0.238 e. The fourth-order valence-electron chi connectivity index (χ4n) is 0.987. The van der Waals surface area contributed by atoms with E-state index in [9.17, 15) is 8.42 Å². The molecule has 0 atom stereocenters. The van der Waals surface area contributed by atoms with Crippen LogP contribution < -0.4 is 10.5 Å². The smallest absolute Gasteiger partial charge is 0.238 e. The minimum absolute atomic E-state index is 0.131. The third-order valence-corrected chi connectivity index (χ3v) is 2.45. The van der Waals surface area contributed by atoms with Gasteiger partial charge in [-0.05, 0) is 25.1 Å². The monoisotopic (exact) mass is 230 g/mol. The molecule has 0 spiro atoms. The molecule has 0 saturated carbocycles. The standard InChI is InChI=1S/C8H12N2O2S.C2H6/c1-2-10-7-4-3-5-8(6-7)13(9,11)12;1-2/h3-6,10H,2H2,1H3,(H2,9,11,12);1-2H3. The van der Waals surface area contributed by atoms with E-state index in [0.717, 1.165) is 12.2 Å². The summed E-state index contributed by atoms with van der Waals surface area (Å²) in [5.74, 6) is 0. The summed E-state index contributed by atoms with van der Waals surface area (Å²) < 4.78 is 21.9. The molecule has 0 unspecified atom stereocenters. The van der Waals surface area contributed by atoms with Gasteiger partial charge in [0.15, 0.2) is 0 Å². The van der Waals surface area contributed by atoms with Crippen LogP contribution in [0, 0.1) is 0 Å². The lowest BCUT2D eigenvalue weighted by Gasteiger charge is -2.04. The number of nitrogens with one attached hydrogen (secondary N) is 1. The number of nitrogens with two attached hydrogens (primary N) is 1. The van der Waals surface area contributed by atoms with Gasteiger partial charge in [-0.15, -0.1) is 0 Å². The molecule has 0 aliphatic carbocycles. The zero-order chi connectivity index (χ0) is 11.9. The van der Waals surface area contributed by atoms with Gasteiger partial charge in [0.1, 0.15) is 0 Å². The van der Waals surface area contributed by atoms with Crippen LogP contribution in [0.2, 0.25) is 0 Å². The Morgan fingerprint density at radius 1 is 1.33 bits per heavy atom. The lowest BCUT2D eigenvalue weighted by molar-refractivity contribution is 0.598. The lowest BCUT2D eigenvalue weighted by atomic mass is 10.3. The topological polar surface area (TPSA) is 72.2 Å². The lowest BCUT2D eigenvalue weighted by Crippen LogP contribution is -2.12. The van der Waals surface area contributed by atoms with Crippen molar-refractivity contribution in [2.24, 2.45) is 5.14 Å². The highest BCUT2D eigenvalue weighted by atomic mass is 32.2. The van der Waals surface area contributed by atoms with Crippen LogP contribution in [0.1, 0.15) is 20.8 Å². The first-order valence-corrected chi connectivity index (χ1v) is 6.45. The third kappa shape index (κ3) is 4.80. The van der Waals surface area contributed by atoms with Crippen molar-refractivity contribution in [2.45, 2.75) is 25.7 Å². The number of benzene rings is 1. The van der Waals surface area contributed by atoms with Gasteiger partial charge in [-0.1, -0.05) is 19.9 Å². The van der Waals surface area contributed by atoms with Gasteiger partial charge in [0.05, 0.1) is 4.90 Å². The van der Waals surface area contributed by atoms with Crippen molar-refractivity contribution < 1.29 is 8.42 Å². The molecular formula is C10H18N2O2S. The largest absolute Gasteiger partial charge is 0.385 e. The number of anilines is 1. The summed E-state index contributed by atoms with van der Waals surface area (Å²) in [5, 5.41) is 7.97. The summed E-state index contributed by atoms with van der Waals surface area (Å²) >= 11 is 0. The van der Waals surface area contributed by atoms with Crippen LogP contribution in [-0.2, 0) is 10.0 Å². The highest BCUT2D eigenvalue weighted by molar-refractivity contribution is 7.89. The molecule has 4 nitrogen and oxygen atoms in total. The Morgan fingerprint density at radius 3 is 2.40 bits per heavy atom. The maximum absolute atomic E-state index is 10.9. The van der Waals surface area contributed by atoms with Gasteiger partial charge in [0.2, 0.25) is 10.0 Å². The Kier molecular flexibility index (Phi) is 5.96. The van der Waals surface area contributed by atoms with Gasteiger partial charge in [0.25, 0.3) is 0 Å². The molecule has 0 radical (unpaired) electrons. The molecule has 0 saturated heterocycles. The van der Waals surface area contributed by atoms with E-state index in [4.69, 9.17) is 5.14 Å². The Hall–Kier alpha value is -1.07. The Balaban J connectivity index is 0.000000921. The first-order chi connectivity index (χ1) is 7.04. The molecule has 1 rings (SSSR count). The van der Waals surface area contributed by atoms with Crippen molar-refractivity contribution in [1.82, 2.24) is 0 Å². The molecule has 1 aromatic rings. The van der Waals surface area contributed by atoms with Crippen LogP contribution in [0.4, 0.5) is 5.69 Å². The van der Waals surface area contributed by atoms with E-state index >= 15 is 0 Å². The van der Waals surface area contributed by atoms with E-state index in [0.29, 0.717) is 0 Å². The molecule has 86 valence electrons. The Morgan fingerprint density at radius 2 is 1.93 bits per heavy atom. The summed E-state index contributed by atoms with van der Waals surface area (Å²) in [4.78, 5) is 0.131. The van der Waals surface area contributed by atoms with Crippen LogP contribution in [0.5, 0.6) is 0 Å². The van der Waals surface area contributed by atoms with E-state index in [1.54, 1.807) is 12.1 Å². The van der Waals surface area contributed by atoms with E-state index in [1.807, 2.05) is 20.8 Å². The molecule has 0 aromatic heterocycles. The number of primary sulfonamides is 1. The minimum Gasteiger partial charge on any atom is -0.385 e. The van der Waals surface area contributed by atoms with Crippen molar-refractivity contribution in [1.29, 1.82) is 0 Å². The van der Waals surface area contributed by atoms with E-state index < -0.39 is 10.0 Å². The number of sulfonamides is 1. The number of hydrogen-bond donors (Lipinski definition) is 2. The second-order valence-electron chi connectivity index (χ2n) is 2.60. The van der Waals surface area contributed by atoms with Gasteiger partial charge in [-0.25, -0.2) is 13.6 Å². The van der Waals surface area contributed by atoms with Crippen molar-refractivity contribution in [3.8, 4) is 0 Å². The molecule has 0 heterocycles. The summed E-state index contributed by atoms with van der Waals surface area (Å²) in [6, 6.07) is 6.42.